The van der Waals surface area contributed by atoms with Crippen molar-refractivity contribution in [1.82, 2.24) is 0 Å². The Morgan fingerprint density at radius 2 is 2.45 bits per heavy atom. The van der Waals surface area contributed by atoms with Crippen molar-refractivity contribution in [2.24, 2.45) is 0 Å². The third-order valence-corrected chi connectivity index (χ3v) is 1.03. The third kappa shape index (κ3) is 1.70. The number of carbonyl (C=O) groups excluding carboxylic acids is 1. The van der Waals surface area contributed by atoms with E-state index in [0.717, 1.165) is 7.11 Å². The number of hydrogen-bond acceptors (Lipinski definition) is 3. The molecule has 0 atom stereocenters. The lowest BCUT2D eigenvalue weighted by Crippen LogP contribution is -2.01. The lowest BCUT2D eigenvalue weighted by atomic mass is 10.2. The highest BCUT2D eigenvalue weighted by Gasteiger charge is 2.02. The largest absolute Gasteiger partial charge is 0.465 e. The van der Waals surface area contributed by atoms with Crippen molar-refractivity contribution in [1.29, 1.82) is 0 Å². The van der Waals surface area contributed by atoms with Crippen LogP contribution in [-0.2, 0) is 4.74 Å². The first-order valence-electron chi connectivity index (χ1n) is 4.86. The van der Waals surface area contributed by atoms with Crippen LogP contribution in [0.15, 0.2) is 24.2 Å². The number of nitrogens with two attached hydrogens (primary N) is 1. The second-order valence-electron chi connectivity index (χ2n) is 1.78. The van der Waals surface area contributed by atoms with Gasteiger partial charge in [-0.15, -0.1) is 0 Å². The van der Waals surface area contributed by atoms with E-state index >= 15 is 0 Å². The Balaban J connectivity index is 3.60. The van der Waals surface area contributed by atoms with Crippen molar-refractivity contribution in [3.63, 3.8) is 0 Å². The number of methoxy groups -OCH3 is 1. The predicted molar refractivity (Wildman–Crippen MR) is 42.2 cm³/mol. The highest BCUT2D eigenvalue weighted by atomic mass is 16.5. The molecule has 0 amide bonds. The van der Waals surface area contributed by atoms with Crippen molar-refractivity contribution in [3.8, 4) is 0 Å². The Morgan fingerprint density at radius 3 is 3.09 bits per heavy atom. The molecule has 1 rings (SSSR count). The fraction of sp³-hybridized carbons (Fsp3) is 0.125. The molecule has 0 aliphatic rings. The van der Waals surface area contributed by atoms with Crippen LogP contribution >= 0.6 is 0 Å². The van der Waals surface area contributed by atoms with Crippen LogP contribution in [-0.4, -0.2) is 13.1 Å². The molecule has 11 heavy (non-hydrogen) atoms. The van der Waals surface area contributed by atoms with Gasteiger partial charge in [0.2, 0.25) is 0 Å². The first kappa shape index (κ1) is 3.76. The van der Waals surface area contributed by atoms with E-state index in [2.05, 4.69) is 4.74 Å². The number of anilines is 1. The summed E-state index contributed by atoms with van der Waals surface area (Å²) in [5.41, 5.74) is 4.69. The lowest BCUT2D eigenvalue weighted by molar-refractivity contribution is 0.0601. The van der Waals surface area contributed by atoms with Crippen molar-refractivity contribution in [2.75, 3.05) is 12.8 Å². The minimum Gasteiger partial charge on any atom is -0.465 e. The van der Waals surface area contributed by atoms with Gasteiger partial charge in [0.25, 0.3) is 0 Å². The van der Waals surface area contributed by atoms with Gasteiger partial charge in [0, 0.05) is 5.69 Å². The van der Waals surface area contributed by atoms with Crippen molar-refractivity contribution >= 4 is 11.7 Å². The molecule has 0 bridgehead atoms. The molecule has 1 aromatic carbocycles. The lowest BCUT2D eigenvalue weighted by Gasteiger charge is -1.98. The topological polar surface area (TPSA) is 52.3 Å². The fourth-order valence-electron chi connectivity index (χ4n) is 0.562. The summed E-state index contributed by atoms with van der Waals surface area (Å²) in [5.74, 6) is -0.898. The smallest absolute Gasteiger partial charge is 0.337 e. The van der Waals surface area contributed by atoms with Gasteiger partial charge in [-0.1, -0.05) is 6.04 Å². The number of hydrogen-bond donors (Lipinski definition) is 1. The van der Waals surface area contributed by atoms with Crippen LogP contribution in [0.3, 0.4) is 0 Å². The minimum absolute atomic E-state index is 0.295. The van der Waals surface area contributed by atoms with Crippen LogP contribution in [0, 0.1) is 0 Å². The molecule has 58 valence electrons. The summed E-state index contributed by atoms with van der Waals surface area (Å²) in [6.07, 6.45) is 0. The summed E-state index contributed by atoms with van der Waals surface area (Å²) in [6.45, 7) is 0. The van der Waals surface area contributed by atoms with Crippen LogP contribution in [0.5, 0.6) is 0 Å². The summed E-state index contributed by atoms with van der Waals surface area (Å²) in [7, 11) is 1.11. The summed E-state index contributed by atoms with van der Waals surface area (Å²) < 4.78 is 33.9. The molecular formula is C8H9NO2. The molecule has 0 spiro atoms. The molecule has 0 heterocycles. The fourth-order valence-corrected chi connectivity index (χ4v) is 0.562. The van der Waals surface area contributed by atoms with Gasteiger partial charge in [0.15, 0.2) is 0 Å². The molecular weight excluding hydrogens is 142 g/mol. The maximum atomic E-state index is 11.2. The molecule has 0 radical (unpaired) electrons. The van der Waals surface area contributed by atoms with Gasteiger partial charge in [-0.3, -0.25) is 0 Å². The zero-order valence-electron chi connectivity index (χ0n) is 9.89. The number of rotatable bonds is 1. The molecule has 0 fully saturated rings. The summed E-state index contributed by atoms with van der Waals surface area (Å²) in [4.78, 5) is 11.2. The first-order chi connectivity index (χ1) is 6.91. The van der Waals surface area contributed by atoms with Gasteiger partial charge in [-0.05, 0) is 18.1 Å². The Bertz CT molecular complexity index is 404. The van der Waals surface area contributed by atoms with Crippen LogP contribution in [0.4, 0.5) is 5.69 Å². The standard InChI is InChI=1S/C8H9NO2/c1-11-8(10)6-3-2-4-7(9)5-6/h2-5H,9H2,1H3/i2D,3D,4D,5D. The number of carbonyl (C=O) groups is 1. The van der Waals surface area contributed by atoms with E-state index in [1.165, 1.54) is 0 Å². The van der Waals surface area contributed by atoms with E-state index in [1.54, 1.807) is 0 Å². The zero-order chi connectivity index (χ0) is 11.7. The Morgan fingerprint density at radius 1 is 1.73 bits per heavy atom. The van der Waals surface area contributed by atoms with Crippen molar-refractivity contribution in [3.05, 3.63) is 29.7 Å². The van der Waals surface area contributed by atoms with Crippen LogP contribution in [0.1, 0.15) is 15.8 Å². The molecule has 1 aromatic rings. The van der Waals surface area contributed by atoms with Gasteiger partial charge in [-0.25, -0.2) is 4.79 Å². The quantitative estimate of drug-likeness (QED) is 0.487. The van der Waals surface area contributed by atoms with Gasteiger partial charge >= 0.3 is 5.97 Å². The van der Waals surface area contributed by atoms with E-state index < -0.39 is 30.1 Å². The average Bonchev–Trinajstić information content (AvgIpc) is 2.23. The summed E-state index contributed by atoms with van der Waals surface area (Å²) >= 11 is 0. The normalized spacial score (nSPS) is 14.3. The molecule has 3 heteroatoms. The number of benzene rings is 1. The second-order valence-corrected chi connectivity index (χ2v) is 1.78. The van der Waals surface area contributed by atoms with Crippen LogP contribution < -0.4 is 5.73 Å². The number of ether oxygens (including phenoxy) is 1. The summed E-state index contributed by atoms with van der Waals surface area (Å²) in [5, 5.41) is 0. The van der Waals surface area contributed by atoms with Gasteiger partial charge in [0.1, 0.15) is 0 Å². The monoisotopic (exact) mass is 155 g/mol. The maximum absolute atomic E-state index is 11.2. The number of nitrogen functional groups attached to an aromatic ring is 1. The molecule has 0 aliphatic carbocycles. The Kier molecular flexibility index (Phi) is 1.04. The summed E-state index contributed by atoms with van der Waals surface area (Å²) in [6, 6.07) is -1.85. The van der Waals surface area contributed by atoms with E-state index in [-0.39, 0.29) is 11.3 Å². The predicted octanol–water partition coefficient (Wildman–Crippen LogP) is 1.06. The molecule has 0 saturated heterocycles. The molecule has 0 unspecified atom stereocenters. The Hall–Kier alpha value is -1.51. The van der Waals surface area contributed by atoms with E-state index in [4.69, 9.17) is 11.2 Å². The minimum atomic E-state index is -0.898. The average molecular weight is 155 g/mol. The van der Waals surface area contributed by atoms with Crippen LogP contribution in [0.2, 0.25) is 0 Å². The molecule has 3 nitrogen and oxygen atoms in total. The van der Waals surface area contributed by atoms with Gasteiger partial charge < -0.3 is 10.5 Å². The van der Waals surface area contributed by atoms with E-state index in [0.29, 0.717) is 0 Å². The van der Waals surface area contributed by atoms with Crippen LogP contribution in [0.25, 0.3) is 0 Å². The van der Waals surface area contributed by atoms with Gasteiger partial charge in [-0.2, -0.15) is 0 Å². The highest BCUT2D eigenvalue weighted by Crippen LogP contribution is 2.06. The maximum Gasteiger partial charge on any atom is 0.337 e. The second kappa shape index (κ2) is 3.05. The first-order valence-corrected chi connectivity index (χ1v) is 2.86. The van der Waals surface area contributed by atoms with E-state index in [9.17, 15) is 4.79 Å². The van der Waals surface area contributed by atoms with Crippen molar-refractivity contribution in [2.45, 2.75) is 0 Å². The van der Waals surface area contributed by atoms with E-state index in [1.807, 2.05) is 0 Å². The molecule has 0 aromatic heterocycles. The molecule has 0 saturated carbocycles. The SMILES string of the molecule is [2H]c1c([2H])c(N)c([2H])c(C(=O)OC)c1[2H]. The highest BCUT2D eigenvalue weighted by molar-refractivity contribution is 5.90. The molecule has 0 aliphatic heterocycles. The Labute approximate surface area is 70.4 Å². The number of esters is 1. The van der Waals surface area contributed by atoms with Crippen molar-refractivity contribution < 1.29 is 15.0 Å². The molecule has 2 N–H and O–H groups in total. The third-order valence-electron chi connectivity index (χ3n) is 1.03. The van der Waals surface area contributed by atoms with Gasteiger partial charge in [0.05, 0.1) is 18.2 Å². The zero-order valence-corrected chi connectivity index (χ0v) is 5.89.